The van der Waals surface area contributed by atoms with E-state index in [1.807, 2.05) is 25.1 Å². The van der Waals surface area contributed by atoms with E-state index in [0.29, 0.717) is 19.0 Å². The molecule has 1 heterocycles. The minimum absolute atomic E-state index is 0.0197. The summed E-state index contributed by atoms with van der Waals surface area (Å²) in [5.74, 6) is 2.02. The highest BCUT2D eigenvalue weighted by molar-refractivity contribution is 5.78. The molecule has 5 nitrogen and oxygen atoms in total. The van der Waals surface area contributed by atoms with Crippen molar-refractivity contribution in [3.63, 3.8) is 0 Å². The molecule has 1 amide bonds. The lowest BCUT2D eigenvalue weighted by atomic mass is 10.1. The highest BCUT2D eigenvalue weighted by Crippen LogP contribution is 2.33. The van der Waals surface area contributed by atoms with Crippen molar-refractivity contribution in [2.24, 2.45) is 5.92 Å². The summed E-state index contributed by atoms with van der Waals surface area (Å²) >= 11 is 0. The Morgan fingerprint density at radius 1 is 1.25 bits per heavy atom. The van der Waals surface area contributed by atoms with E-state index in [1.165, 1.54) is 0 Å². The van der Waals surface area contributed by atoms with Crippen LogP contribution in [0.3, 0.4) is 0 Å². The predicted molar refractivity (Wildman–Crippen MR) is 76.8 cm³/mol. The molecule has 5 heteroatoms. The number of nitrogens with one attached hydrogen (secondary N) is 2. The van der Waals surface area contributed by atoms with Crippen LogP contribution in [-0.4, -0.2) is 25.8 Å². The van der Waals surface area contributed by atoms with Crippen molar-refractivity contribution < 1.29 is 14.3 Å². The zero-order valence-corrected chi connectivity index (χ0v) is 12.2. The van der Waals surface area contributed by atoms with Crippen molar-refractivity contribution in [1.82, 2.24) is 10.6 Å². The van der Waals surface area contributed by atoms with Crippen molar-refractivity contribution in [3.05, 3.63) is 23.8 Å². The van der Waals surface area contributed by atoms with Gasteiger partial charge in [0.1, 0.15) is 0 Å². The smallest absolute Gasteiger partial charge is 0.233 e. The molecule has 0 bridgehead atoms. The molecule has 0 aromatic heterocycles. The number of carbonyl (C=O) groups excluding carboxylic acids is 1. The molecule has 0 saturated heterocycles. The highest BCUT2D eigenvalue weighted by atomic mass is 16.7. The van der Waals surface area contributed by atoms with Crippen LogP contribution in [0.1, 0.15) is 32.4 Å². The summed E-state index contributed by atoms with van der Waals surface area (Å²) in [6, 6.07) is 5.91. The second-order valence-corrected chi connectivity index (χ2v) is 5.41. The topological polar surface area (TPSA) is 59.6 Å². The fraction of sp³-hybridized carbons (Fsp3) is 0.533. The quantitative estimate of drug-likeness (QED) is 0.833. The van der Waals surface area contributed by atoms with E-state index in [0.717, 1.165) is 17.1 Å². The van der Waals surface area contributed by atoms with Crippen molar-refractivity contribution in [2.45, 2.75) is 26.8 Å². The van der Waals surface area contributed by atoms with E-state index >= 15 is 0 Å². The van der Waals surface area contributed by atoms with Gasteiger partial charge in [0.15, 0.2) is 11.5 Å². The lowest BCUT2D eigenvalue weighted by Gasteiger charge is -2.15. The normalized spacial score (nSPS) is 14.4. The summed E-state index contributed by atoms with van der Waals surface area (Å²) in [6.07, 6.45) is 0. The molecule has 1 atom stereocenters. The van der Waals surface area contributed by atoms with Crippen LogP contribution < -0.4 is 20.1 Å². The number of carbonyl (C=O) groups is 1. The average molecular weight is 278 g/mol. The minimum Gasteiger partial charge on any atom is -0.454 e. The van der Waals surface area contributed by atoms with Gasteiger partial charge >= 0.3 is 0 Å². The molecule has 1 aromatic rings. The molecule has 1 unspecified atom stereocenters. The molecule has 0 fully saturated rings. The van der Waals surface area contributed by atoms with Gasteiger partial charge in [0, 0.05) is 12.6 Å². The van der Waals surface area contributed by atoms with E-state index in [9.17, 15) is 4.79 Å². The van der Waals surface area contributed by atoms with Crippen LogP contribution in [0.4, 0.5) is 0 Å². The maximum absolute atomic E-state index is 11.7. The molecule has 2 rings (SSSR count). The average Bonchev–Trinajstić information content (AvgIpc) is 2.89. The summed E-state index contributed by atoms with van der Waals surface area (Å²) < 4.78 is 10.6. The zero-order chi connectivity index (χ0) is 14.5. The standard InChI is InChI=1S/C15H22N2O3/c1-10(2)7-17-15(18)8-16-11(3)12-4-5-13-14(6-12)20-9-19-13/h4-6,10-11,16H,7-9H2,1-3H3,(H,17,18). The van der Waals surface area contributed by atoms with Crippen LogP contribution in [0.25, 0.3) is 0 Å². The first kappa shape index (κ1) is 14.7. The summed E-state index contributed by atoms with van der Waals surface area (Å²) in [5, 5.41) is 6.09. The van der Waals surface area contributed by atoms with Crippen molar-refractivity contribution in [1.29, 1.82) is 0 Å². The van der Waals surface area contributed by atoms with Crippen LogP contribution in [0, 0.1) is 5.92 Å². The van der Waals surface area contributed by atoms with Gasteiger partial charge in [0.2, 0.25) is 12.7 Å². The Bertz CT molecular complexity index is 474. The lowest BCUT2D eigenvalue weighted by molar-refractivity contribution is -0.120. The summed E-state index contributed by atoms with van der Waals surface area (Å²) in [6.45, 7) is 7.46. The largest absolute Gasteiger partial charge is 0.454 e. The Balaban J connectivity index is 1.82. The summed E-state index contributed by atoms with van der Waals surface area (Å²) in [4.78, 5) is 11.7. The van der Waals surface area contributed by atoms with Crippen molar-refractivity contribution in [3.8, 4) is 11.5 Å². The van der Waals surface area contributed by atoms with Gasteiger partial charge in [0.25, 0.3) is 0 Å². The monoisotopic (exact) mass is 278 g/mol. The third-order valence-electron chi connectivity index (χ3n) is 3.17. The van der Waals surface area contributed by atoms with Gasteiger partial charge in [-0.3, -0.25) is 4.79 Å². The predicted octanol–water partition coefficient (Wildman–Crippen LogP) is 1.84. The molecule has 1 aliphatic heterocycles. The van der Waals surface area contributed by atoms with Gasteiger partial charge in [-0.05, 0) is 30.5 Å². The van der Waals surface area contributed by atoms with E-state index in [1.54, 1.807) is 0 Å². The van der Waals surface area contributed by atoms with E-state index < -0.39 is 0 Å². The third kappa shape index (κ3) is 3.87. The Kier molecular flexibility index (Phi) is 4.84. The van der Waals surface area contributed by atoms with Crippen LogP contribution >= 0.6 is 0 Å². The number of hydrogen-bond donors (Lipinski definition) is 2. The van der Waals surface area contributed by atoms with Gasteiger partial charge in [-0.25, -0.2) is 0 Å². The van der Waals surface area contributed by atoms with Gasteiger partial charge in [-0.2, -0.15) is 0 Å². The lowest BCUT2D eigenvalue weighted by Crippen LogP contribution is -2.36. The van der Waals surface area contributed by atoms with Gasteiger partial charge in [0.05, 0.1) is 6.54 Å². The highest BCUT2D eigenvalue weighted by Gasteiger charge is 2.16. The number of amides is 1. The van der Waals surface area contributed by atoms with Crippen LogP contribution in [0.2, 0.25) is 0 Å². The van der Waals surface area contributed by atoms with E-state index in [4.69, 9.17) is 9.47 Å². The number of rotatable bonds is 6. The Morgan fingerprint density at radius 2 is 2.00 bits per heavy atom. The molecule has 1 aromatic carbocycles. The summed E-state index contributed by atoms with van der Waals surface area (Å²) in [5.41, 5.74) is 1.07. The van der Waals surface area contributed by atoms with E-state index in [-0.39, 0.29) is 18.7 Å². The zero-order valence-electron chi connectivity index (χ0n) is 12.2. The van der Waals surface area contributed by atoms with E-state index in [2.05, 4.69) is 24.5 Å². The Labute approximate surface area is 119 Å². The molecule has 20 heavy (non-hydrogen) atoms. The maximum atomic E-state index is 11.7. The summed E-state index contributed by atoms with van der Waals surface area (Å²) in [7, 11) is 0. The fourth-order valence-corrected chi connectivity index (χ4v) is 1.93. The number of hydrogen-bond acceptors (Lipinski definition) is 4. The molecule has 1 aliphatic rings. The maximum Gasteiger partial charge on any atom is 0.233 e. The molecule has 0 spiro atoms. The first-order valence-electron chi connectivity index (χ1n) is 6.96. The van der Waals surface area contributed by atoms with Gasteiger partial charge < -0.3 is 20.1 Å². The van der Waals surface area contributed by atoms with Crippen LogP contribution in [-0.2, 0) is 4.79 Å². The molecular weight excluding hydrogens is 256 g/mol. The SMILES string of the molecule is CC(C)CNC(=O)CNC(C)c1ccc2c(c1)OCO2. The first-order valence-corrected chi connectivity index (χ1v) is 6.96. The molecule has 0 radical (unpaired) electrons. The molecule has 0 aliphatic carbocycles. The number of ether oxygens (including phenoxy) is 2. The number of fused-ring (bicyclic) bond motifs is 1. The third-order valence-corrected chi connectivity index (χ3v) is 3.17. The van der Waals surface area contributed by atoms with Crippen LogP contribution in [0.5, 0.6) is 11.5 Å². The first-order chi connectivity index (χ1) is 9.56. The molecular formula is C15H22N2O3. The molecule has 0 saturated carbocycles. The minimum atomic E-state index is 0.0197. The van der Waals surface area contributed by atoms with Crippen molar-refractivity contribution >= 4 is 5.91 Å². The number of benzene rings is 1. The second-order valence-electron chi connectivity index (χ2n) is 5.41. The van der Waals surface area contributed by atoms with Gasteiger partial charge in [-0.15, -0.1) is 0 Å². The molecule has 2 N–H and O–H groups in total. The fourth-order valence-electron chi connectivity index (χ4n) is 1.93. The Hall–Kier alpha value is -1.75. The van der Waals surface area contributed by atoms with Crippen LogP contribution in [0.15, 0.2) is 18.2 Å². The second kappa shape index (κ2) is 6.61. The molecule has 110 valence electrons. The Morgan fingerprint density at radius 3 is 2.75 bits per heavy atom. The van der Waals surface area contributed by atoms with Gasteiger partial charge in [-0.1, -0.05) is 19.9 Å². The van der Waals surface area contributed by atoms with Crippen molar-refractivity contribution in [2.75, 3.05) is 19.9 Å².